The third-order valence-corrected chi connectivity index (χ3v) is 4.73. The van der Waals surface area contributed by atoms with Crippen LogP contribution >= 0.6 is 22.6 Å². The van der Waals surface area contributed by atoms with Gasteiger partial charge in [-0.05, 0) is 41.0 Å². The van der Waals surface area contributed by atoms with Crippen molar-refractivity contribution in [3.8, 4) is 0 Å². The minimum Gasteiger partial charge on any atom is -0.372 e. The third kappa shape index (κ3) is 2.12. The van der Waals surface area contributed by atoms with E-state index in [1.807, 2.05) is 13.2 Å². The summed E-state index contributed by atoms with van der Waals surface area (Å²) in [6, 6.07) is 10.6. The number of nitrogens with one attached hydrogen (secondary N) is 1. The molecule has 0 aliphatic heterocycles. The van der Waals surface area contributed by atoms with Crippen molar-refractivity contribution in [2.75, 3.05) is 12.4 Å². The molecule has 1 saturated carbocycles. The Hall–Kier alpha value is -1.17. The van der Waals surface area contributed by atoms with Gasteiger partial charge in [-0.1, -0.05) is 36.8 Å². The number of rotatable bonds is 3. The molecular formula is C15H16IN3. The van der Waals surface area contributed by atoms with Crippen LogP contribution in [-0.4, -0.2) is 17.0 Å². The van der Waals surface area contributed by atoms with Crippen LogP contribution in [0, 0.1) is 3.57 Å². The Kier molecular flexibility index (Phi) is 3.43. The number of anilines is 1. The van der Waals surface area contributed by atoms with Crippen LogP contribution in [0.4, 0.5) is 5.82 Å². The molecule has 1 heterocycles. The van der Waals surface area contributed by atoms with E-state index in [1.54, 1.807) is 0 Å². The van der Waals surface area contributed by atoms with E-state index in [4.69, 9.17) is 4.98 Å². The van der Waals surface area contributed by atoms with Crippen LogP contribution in [0.2, 0.25) is 0 Å². The predicted octanol–water partition coefficient (Wildman–Crippen LogP) is 3.59. The molecule has 4 heteroatoms. The highest BCUT2D eigenvalue weighted by atomic mass is 127. The number of aromatic nitrogens is 2. The molecule has 19 heavy (non-hydrogen) atoms. The number of hydrogen-bond donors (Lipinski definition) is 1. The average molecular weight is 365 g/mol. The minimum absolute atomic E-state index is 0.0250. The van der Waals surface area contributed by atoms with Gasteiger partial charge in [0.15, 0.2) is 0 Å². The van der Waals surface area contributed by atoms with Gasteiger partial charge in [-0.2, -0.15) is 0 Å². The maximum absolute atomic E-state index is 4.73. The van der Waals surface area contributed by atoms with Crippen LogP contribution in [0.15, 0.2) is 36.5 Å². The lowest BCUT2D eigenvalue weighted by Gasteiger charge is -2.41. The van der Waals surface area contributed by atoms with E-state index >= 15 is 0 Å². The Balaban J connectivity index is 2.08. The third-order valence-electron chi connectivity index (χ3n) is 3.94. The van der Waals surface area contributed by atoms with Crippen molar-refractivity contribution in [1.82, 2.24) is 9.97 Å². The summed E-state index contributed by atoms with van der Waals surface area (Å²) >= 11 is 2.26. The van der Waals surface area contributed by atoms with E-state index in [1.165, 1.54) is 12.0 Å². The summed E-state index contributed by atoms with van der Waals surface area (Å²) < 4.78 is 1.06. The van der Waals surface area contributed by atoms with Gasteiger partial charge >= 0.3 is 0 Å². The van der Waals surface area contributed by atoms with Gasteiger partial charge in [0.2, 0.25) is 0 Å². The van der Waals surface area contributed by atoms with E-state index in [0.29, 0.717) is 0 Å². The number of halogens is 1. The Bertz CT molecular complexity index is 579. The van der Waals surface area contributed by atoms with Crippen LogP contribution in [-0.2, 0) is 5.41 Å². The molecule has 0 radical (unpaired) electrons. The highest BCUT2D eigenvalue weighted by molar-refractivity contribution is 14.1. The fraction of sp³-hybridized carbons (Fsp3) is 0.333. The smallest absolute Gasteiger partial charge is 0.142 e. The van der Waals surface area contributed by atoms with E-state index in [9.17, 15) is 0 Å². The van der Waals surface area contributed by atoms with Gasteiger partial charge < -0.3 is 5.32 Å². The summed E-state index contributed by atoms with van der Waals surface area (Å²) in [6.07, 6.45) is 5.44. The Labute approximate surface area is 127 Å². The lowest BCUT2D eigenvalue weighted by atomic mass is 9.64. The Morgan fingerprint density at radius 2 is 1.95 bits per heavy atom. The molecule has 0 saturated heterocycles. The molecule has 1 fully saturated rings. The molecule has 0 bridgehead atoms. The molecule has 3 nitrogen and oxygen atoms in total. The van der Waals surface area contributed by atoms with E-state index in [2.05, 4.69) is 63.2 Å². The zero-order chi connectivity index (χ0) is 13.3. The summed E-state index contributed by atoms with van der Waals surface area (Å²) in [6.45, 7) is 0. The highest BCUT2D eigenvalue weighted by Crippen LogP contribution is 2.47. The largest absolute Gasteiger partial charge is 0.372 e. The molecule has 1 aromatic carbocycles. The monoisotopic (exact) mass is 365 g/mol. The molecular weight excluding hydrogens is 349 g/mol. The number of hydrogen-bond acceptors (Lipinski definition) is 3. The van der Waals surface area contributed by atoms with Crippen molar-refractivity contribution in [3.63, 3.8) is 0 Å². The molecule has 98 valence electrons. The summed E-state index contributed by atoms with van der Waals surface area (Å²) in [7, 11) is 1.91. The van der Waals surface area contributed by atoms with Crippen molar-refractivity contribution in [1.29, 1.82) is 0 Å². The van der Waals surface area contributed by atoms with Crippen molar-refractivity contribution < 1.29 is 0 Å². The summed E-state index contributed by atoms with van der Waals surface area (Å²) in [5, 5.41) is 3.15. The standard InChI is InChI=1S/C15H16IN3/c1-17-13-12(16)10-18-14(19-13)15(8-5-9-15)11-6-3-2-4-7-11/h2-4,6-7,10H,5,8-9H2,1H3,(H,17,18,19). The van der Waals surface area contributed by atoms with Crippen molar-refractivity contribution >= 4 is 28.4 Å². The van der Waals surface area contributed by atoms with Gasteiger partial charge in [0, 0.05) is 13.2 Å². The fourth-order valence-corrected chi connectivity index (χ4v) is 3.23. The second-order valence-electron chi connectivity index (χ2n) is 4.94. The summed E-state index contributed by atoms with van der Waals surface area (Å²) in [5.41, 5.74) is 1.36. The van der Waals surface area contributed by atoms with E-state index in [0.717, 1.165) is 28.1 Å². The van der Waals surface area contributed by atoms with Gasteiger partial charge in [0.25, 0.3) is 0 Å². The molecule has 2 aromatic rings. The second-order valence-corrected chi connectivity index (χ2v) is 6.10. The van der Waals surface area contributed by atoms with Crippen molar-refractivity contribution in [2.24, 2.45) is 0 Å². The Morgan fingerprint density at radius 3 is 2.53 bits per heavy atom. The maximum Gasteiger partial charge on any atom is 0.142 e. The van der Waals surface area contributed by atoms with Crippen LogP contribution in [0.25, 0.3) is 0 Å². The van der Waals surface area contributed by atoms with Gasteiger partial charge in [-0.25, -0.2) is 9.97 Å². The normalized spacial score (nSPS) is 16.7. The first-order valence-corrected chi connectivity index (χ1v) is 7.60. The van der Waals surface area contributed by atoms with Gasteiger partial charge in [-0.3, -0.25) is 0 Å². The fourth-order valence-electron chi connectivity index (χ4n) is 2.70. The first kappa shape index (κ1) is 12.8. The molecule has 1 N–H and O–H groups in total. The van der Waals surface area contributed by atoms with Crippen LogP contribution in [0.1, 0.15) is 30.7 Å². The van der Waals surface area contributed by atoms with Crippen LogP contribution in [0.3, 0.4) is 0 Å². The van der Waals surface area contributed by atoms with Crippen LogP contribution in [0.5, 0.6) is 0 Å². The lowest BCUT2D eigenvalue weighted by molar-refractivity contribution is 0.285. The van der Waals surface area contributed by atoms with Gasteiger partial charge in [-0.15, -0.1) is 0 Å². The molecule has 0 amide bonds. The second kappa shape index (κ2) is 5.07. The SMILES string of the molecule is CNc1nc(C2(c3ccccc3)CCC2)ncc1I. The minimum atomic E-state index is 0.0250. The number of nitrogens with zero attached hydrogens (tertiary/aromatic N) is 2. The first-order chi connectivity index (χ1) is 9.26. The van der Waals surface area contributed by atoms with Crippen molar-refractivity contribution in [3.05, 3.63) is 51.5 Å². The first-order valence-electron chi connectivity index (χ1n) is 6.52. The zero-order valence-corrected chi connectivity index (χ0v) is 13.0. The Morgan fingerprint density at radius 1 is 1.21 bits per heavy atom. The molecule has 0 spiro atoms. The molecule has 0 unspecified atom stereocenters. The summed E-state index contributed by atoms with van der Waals surface area (Å²) in [5.74, 6) is 1.88. The molecule has 1 aliphatic rings. The van der Waals surface area contributed by atoms with Crippen LogP contribution < -0.4 is 5.32 Å². The molecule has 1 aromatic heterocycles. The van der Waals surface area contributed by atoms with E-state index < -0.39 is 0 Å². The maximum atomic E-state index is 4.73. The van der Waals surface area contributed by atoms with Crippen molar-refractivity contribution in [2.45, 2.75) is 24.7 Å². The van der Waals surface area contributed by atoms with Gasteiger partial charge in [0.1, 0.15) is 11.6 Å². The predicted molar refractivity (Wildman–Crippen MR) is 85.4 cm³/mol. The average Bonchev–Trinajstić information content (AvgIpc) is 2.40. The highest BCUT2D eigenvalue weighted by Gasteiger charge is 2.43. The zero-order valence-electron chi connectivity index (χ0n) is 10.9. The quantitative estimate of drug-likeness (QED) is 0.845. The van der Waals surface area contributed by atoms with Gasteiger partial charge in [0.05, 0.1) is 8.99 Å². The number of benzene rings is 1. The molecule has 1 aliphatic carbocycles. The topological polar surface area (TPSA) is 37.8 Å². The summed E-state index contributed by atoms with van der Waals surface area (Å²) in [4.78, 5) is 9.33. The lowest BCUT2D eigenvalue weighted by Crippen LogP contribution is -2.37. The van der Waals surface area contributed by atoms with E-state index in [-0.39, 0.29) is 5.41 Å². The molecule has 0 atom stereocenters. The molecule has 3 rings (SSSR count).